The first kappa shape index (κ1) is 19.9. The average molecular weight is 590 g/mol. The number of aryl methyl sites for hydroxylation is 2. The number of rotatable bonds is 0. The third-order valence-electron chi connectivity index (χ3n) is 8.19. The summed E-state index contributed by atoms with van der Waals surface area (Å²) in [7, 11) is 4.44. The zero-order valence-corrected chi connectivity index (χ0v) is 23.2. The van der Waals surface area contributed by atoms with Crippen molar-refractivity contribution in [2.45, 2.75) is 0 Å². The number of aromatic nitrogens is 2. The van der Waals surface area contributed by atoms with E-state index in [2.05, 4.69) is 106 Å². The fourth-order valence-corrected chi connectivity index (χ4v) is 9.74. The summed E-state index contributed by atoms with van der Waals surface area (Å²) in [5, 5.41) is 13.5. The summed E-state index contributed by atoms with van der Waals surface area (Å²) < 4.78 is 7.77. The molecule has 0 fully saturated rings. The summed E-state index contributed by atoms with van der Waals surface area (Å²) in [5.74, 6) is 0. The predicted octanol–water partition coefficient (Wildman–Crippen LogP) is 7.70. The van der Waals surface area contributed by atoms with Crippen molar-refractivity contribution in [2.75, 3.05) is 0 Å². The number of fused-ring (bicyclic) bond motifs is 10. The maximum atomic E-state index is 2.42. The van der Waals surface area contributed by atoms with Gasteiger partial charge in [0, 0.05) is 0 Å². The monoisotopic (exact) mass is 592 g/mol. The van der Waals surface area contributed by atoms with Crippen LogP contribution in [0.5, 0.6) is 0 Å². The Morgan fingerprint density at radius 2 is 0.806 bits per heavy atom. The van der Waals surface area contributed by atoms with Crippen LogP contribution >= 0.6 is 0 Å². The molecule has 0 aliphatic rings. The van der Waals surface area contributed by atoms with Crippen molar-refractivity contribution in [3.8, 4) is 0 Å². The zero-order chi connectivity index (χ0) is 23.7. The molecule has 0 aliphatic heterocycles. The molecule has 0 bridgehead atoms. The van der Waals surface area contributed by atoms with E-state index in [9.17, 15) is 0 Å². The van der Waals surface area contributed by atoms with Gasteiger partial charge in [0.25, 0.3) is 0 Å². The summed E-state index contributed by atoms with van der Waals surface area (Å²) in [5.41, 5.74) is 5.22. The van der Waals surface area contributed by atoms with Crippen molar-refractivity contribution >= 4 is 113 Å². The Bertz CT molecular complexity index is 2220. The summed E-state index contributed by atoms with van der Waals surface area (Å²) in [6.45, 7) is 0. The van der Waals surface area contributed by atoms with Crippen LogP contribution in [0.3, 0.4) is 0 Å². The van der Waals surface area contributed by atoms with Gasteiger partial charge in [-0.1, -0.05) is 0 Å². The molecule has 170 valence electrons. The van der Waals surface area contributed by atoms with E-state index in [0.717, 1.165) is 0 Å². The van der Waals surface area contributed by atoms with Gasteiger partial charge < -0.3 is 0 Å². The second kappa shape index (κ2) is 6.73. The van der Waals surface area contributed by atoms with Crippen LogP contribution in [-0.2, 0) is 14.1 Å². The van der Waals surface area contributed by atoms with Gasteiger partial charge in [0.1, 0.15) is 0 Å². The first-order chi connectivity index (χ1) is 17.6. The molecule has 36 heavy (non-hydrogen) atoms. The molecule has 0 unspecified atom stereocenters. The molecule has 0 saturated carbocycles. The Morgan fingerprint density at radius 3 is 1.28 bits per heavy atom. The minimum absolute atomic E-state index is 0.466. The number of hydrogen-bond donors (Lipinski definition) is 0. The fraction of sp³-hybridized carbons (Fsp3) is 0.0625. The zero-order valence-electron chi connectivity index (χ0n) is 19.8. The quantitative estimate of drug-likeness (QED) is 0.160. The Morgan fingerprint density at radius 1 is 0.417 bits per heavy atom. The van der Waals surface area contributed by atoms with Gasteiger partial charge in [-0.3, -0.25) is 0 Å². The number of hydrogen-bond acceptors (Lipinski definition) is 0. The summed E-state index contributed by atoms with van der Waals surface area (Å²) >= 11 is 0.932. The SMILES string of the molecule is Cn1c2cc3cc4cc[se]c4cc3cc2c2cc3c(cc21)c1cc2cc4[se]ccc4cc2cc1n3C. The molecule has 4 heterocycles. The standard InChI is InChI=1S/C32H20N2Se2/c1-33-27-11-19-7-17-3-5-35-31(17)13-21(19)9-23(27)25-16-30-26(15-29(25)33)24-10-22-14-32-18(4-6-36-32)8-20(22)12-28(24)34(30)2/h3-16H,1-2H3. The second-order valence-corrected chi connectivity index (χ2v) is 14.0. The molecule has 0 radical (unpaired) electrons. The van der Waals surface area contributed by atoms with E-state index in [0.29, 0.717) is 29.0 Å². The summed E-state index contributed by atoms with van der Waals surface area (Å²) in [4.78, 5) is 4.66. The molecule has 2 nitrogen and oxygen atoms in total. The van der Waals surface area contributed by atoms with E-state index in [-0.39, 0.29) is 0 Å². The third kappa shape index (κ3) is 2.48. The van der Waals surface area contributed by atoms with Gasteiger partial charge in [0.2, 0.25) is 0 Å². The first-order valence-electron chi connectivity index (χ1n) is 12.2. The molecule has 4 heteroatoms. The topological polar surface area (TPSA) is 9.86 Å². The molecule has 9 rings (SSSR count). The Kier molecular flexibility index (Phi) is 3.72. The van der Waals surface area contributed by atoms with Gasteiger partial charge >= 0.3 is 219 Å². The summed E-state index contributed by atoms with van der Waals surface area (Å²) in [6, 6.07) is 28.6. The Labute approximate surface area is 218 Å². The van der Waals surface area contributed by atoms with Gasteiger partial charge in [-0.25, -0.2) is 0 Å². The van der Waals surface area contributed by atoms with E-state index in [1.165, 1.54) is 84.4 Å². The molecule has 4 aromatic heterocycles. The first-order valence-corrected chi connectivity index (χ1v) is 15.9. The Balaban J connectivity index is 1.41. The molecular weight excluding hydrogens is 570 g/mol. The van der Waals surface area contributed by atoms with Crippen molar-refractivity contribution < 1.29 is 0 Å². The van der Waals surface area contributed by atoms with Crippen molar-refractivity contribution in [1.82, 2.24) is 9.13 Å². The molecule has 0 atom stereocenters. The second-order valence-electron chi connectivity index (χ2n) is 10.1. The van der Waals surface area contributed by atoms with Crippen LogP contribution in [0.4, 0.5) is 0 Å². The minimum atomic E-state index is 0.466. The average Bonchev–Trinajstić information content (AvgIpc) is 3.65. The van der Waals surface area contributed by atoms with Crippen molar-refractivity contribution in [1.29, 1.82) is 0 Å². The van der Waals surface area contributed by atoms with E-state index < -0.39 is 0 Å². The predicted molar refractivity (Wildman–Crippen MR) is 158 cm³/mol. The van der Waals surface area contributed by atoms with Gasteiger partial charge in [-0.2, -0.15) is 0 Å². The van der Waals surface area contributed by atoms with Gasteiger partial charge in [-0.15, -0.1) is 0 Å². The van der Waals surface area contributed by atoms with E-state index in [4.69, 9.17) is 0 Å². The van der Waals surface area contributed by atoms with Crippen LogP contribution in [0.2, 0.25) is 0 Å². The molecule has 0 aliphatic carbocycles. The third-order valence-corrected chi connectivity index (χ3v) is 11.9. The van der Waals surface area contributed by atoms with Crippen molar-refractivity contribution in [3.05, 3.63) is 82.7 Å². The van der Waals surface area contributed by atoms with Gasteiger partial charge in [-0.05, 0) is 0 Å². The molecule has 0 saturated heterocycles. The fourth-order valence-electron chi connectivity index (χ4n) is 6.30. The number of benzene rings is 5. The van der Waals surface area contributed by atoms with Crippen LogP contribution in [0.15, 0.2) is 82.7 Å². The number of nitrogens with zero attached hydrogens (tertiary/aromatic N) is 2. The maximum absolute atomic E-state index is 2.42. The normalized spacial score (nSPS) is 12.7. The molecular formula is C32H20N2Se2. The molecule has 0 amide bonds. The van der Waals surface area contributed by atoms with Crippen LogP contribution in [0.25, 0.3) is 84.4 Å². The Hall–Kier alpha value is -3.26. The molecule has 5 aromatic carbocycles. The van der Waals surface area contributed by atoms with Crippen LogP contribution in [0.1, 0.15) is 0 Å². The van der Waals surface area contributed by atoms with Crippen LogP contribution in [0, 0.1) is 0 Å². The molecule has 0 spiro atoms. The molecule has 0 N–H and O–H groups in total. The van der Waals surface area contributed by atoms with E-state index in [1.807, 2.05) is 0 Å². The van der Waals surface area contributed by atoms with E-state index in [1.54, 1.807) is 0 Å². The van der Waals surface area contributed by atoms with Crippen molar-refractivity contribution in [2.24, 2.45) is 14.1 Å². The van der Waals surface area contributed by atoms with Crippen molar-refractivity contribution in [3.63, 3.8) is 0 Å². The van der Waals surface area contributed by atoms with E-state index >= 15 is 0 Å². The summed E-state index contributed by atoms with van der Waals surface area (Å²) in [6.07, 6.45) is 0. The van der Waals surface area contributed by atoms with Crippen LogP contribution < -0.4 is 0 Å². The van der Waals surface area contributed by atoms with Gasteiger partial charge in [0.05, 0.1) is 0 Å². The molecule has 9 aromatic rings. The van der Waals surface area contributed by atoms with Gasteiger partial charge in [0.15, 0.2) is 0 Å². The van der Waals surface area contributed by atoms with Crippen LogP contribution in [-0.4, -0.2) is 38.1 Å².